The van der Waals surface area contributed by atoms with Crippen molar-refractivity contribution in [1.29, 1.82) is 0 Å². The molecular formula is C16H16FNO4S. The molecule has 3 rings (SSSR count). The Hall–Kier alpha value is -2.15. The maximum atomic E-state index is 14.1. The van der Waals surface area contributed by atoms with E-state index in [4.69, 9.17) is 4.42 Å². The number of hydrogen-bond donors (Lipinski definition) is 0. The van der Waals surface area contributed by atoms with Crippen molar-refractivity contribution in [3.8, 4) is 0 Å². The van der Waals surface area contributed by atoms with Gasteiger partial charge in [0.05, 0.1) is 35.9 Å². The molecule has 1 amide bonds. The lowest BCUT2D eigenvalue weighted by molar-refractivity contribution is -0.121. The maximum absolute atomic E-state index is 14.1. The fourth-order valence-corrected chi connectivity index (χ4v) is 4.45. The van der Waals surface area contributed by atoms with Gasteiger partial charge in [0.1, 0.15) is 11.6 Å². The van der Waals surface area contributed by atoms with E-state index in [-0.39, 0.29) is 30.2 Å². The lowest BCUT2D eigenvalue weighted by atomic mass is 10.1. The van der Waals surface area contributed by atoms with E-state index in [1.54, 1.807) is 18.2 Å². The summed E-state index contributed by atoms with van der Waals surface area (Å²) in [5, 5.41) is 0. The third kappa shape index (κ3) is 3.44. The molecule has 0 spiro atoms. The SMILES string of the molecule is O=C(C1CCS(=O)(=O)C1)N(Cc1ccco1)c1ccccc1F. The van der Waals surface area contributed by atoms with Crippen molar-refractivity contribution in [1.82, 2.24) is 0 Å². The average molecular weight is 337 g/mol. The van der Waals surface area contributed by atoms with Crippen LogP contribution in [-0.2, 0) is 21.2 Å². The van der Waals surface area contributed by atoms with Crippen LogP contribution in [0.1, 0.15) is 12.2 Å². The summed E-state index contributed by atoms with van der Waals surface area (Å²) >= 11 is 0. The number of para-hydroxylation sites is 1. The van der Waals surface area contributed by atoms with Crippen LogP contribution < -0.4 is 4.90 Å². The number of rotatable bonds is 4. The normalized spacial score (nSPS) is 19.6. The van der Waals surface area contributed by atoms with Crippen molar-refractivity contribution in [3.63, 3.8) is 0 Å². The molecular weight excluding hydrogens is 321 g/mol. The number of sulfone groups is 1. The Morgan fingerprint density at radius 3 is 2.65 bits per heavy atom. The number of nitrogens with zero attached hydrogens (tertiary/aromatic N) is 1. The van der Waals surface area contributed by atoms with E-state index in [0.29, 0.717) is 5.76 Å². The van der Waals surface area contributed by atoms with Crippen molar-refractivity contribution in [3.05, 3.63) is 54.2 Å². The fraction of sp³-hybridized carbons (Fsp3) is 0.312. The zero-order valence-corrected chi connectivity index (χ0v) is 13.1. The molecule has 1 unspecified atom stereocenters. The van der Waals surface area contributed by atoms with Gasteiger partial charge in [0.2, 0.25) is 5.91 Å². The van der Waals surface area contributed by atoms with Gasteiger partial charge >= 0.3 is 0 Å². The molecule has 1 aromatic carbocycles. The van der Waals surface area contributed by atoms with Crippen LogP contribution in [0.5, 0.6) is 0 Å². The summed E-state index contributed by atoms with van der Waals surface area (Å²) in [4.78, 5) is 14.0. The van der Waals surface area contributed by atoms with E-state index in [1.165, 1.54) is 29.4 Å². The van der Waals surface area contributed by atoms with E-state index in [1.807, 2.05) is 0 Å². The highest BCUT2D eigenvalue weighted by atomic mass is 32.2. The summed E-state index contributed by atoms with van der Waals surface area (Å²) in [6, 6.07) is 9.30. The van der Waals surface area contributed by atoms with Crippen LogP contribution in [0, 0.1) is 11.7 Å². The average Bonchev–Trinajstić information content (AvgIpc) is 3.14. The van der Waals surface area contributed by atoms with Gasteiger partial charge in [0, 0.05) is 0 Å². The Morgan fingerprint density at radius 2 is 2.04 bits per heavy atom. The number of hydrogen-bond acceptors (Lipinski definition) is 4. The lowest BCUT2D eigenvalue weighted by Crippen LogP contribution is -2.36. The lowest BCUT2D eigenvalue weighted by Gasteiger charge is -2.25. The molecule has 1 aliphatic heterocycles. The Morgan fingerprint density at radius 1 is 1.26 bits per heavy atom. The van der Waals surface area contributed by atoms with Crippen LogP contribution in [0.25, 0.3) is 0 Å². The van der Waals surface area contributed by atoms with E-state index in [9.17, 15) is 17.6 Å². The maximum Gasteiger partial charge on any atom is 0.231 e. The van der Waals surface area contributed by atoms with Gasteiger partial charge in [-0.05, 0) is 30.7 Å². The van der Waals surface area contributed by atoms with Crippen molar-refractivity contribution in [2.24, 2.45) is 5.92 Å². The van der Waals surface area contributed by atoms with Crippen LogP contribution >= 0.6 is 0 Å². The molecule has 122 valence electrons. The summed E-state index contributed by atoms with van der Waals surface area (Å²) < 4.78 is 42.6. The molecule has 2 aromatic rings. The minimum absolute atomic E-state index is 0.00469. The fourth-order valence-electron chi connectivity index (χ4n) is 2.72. The van der Waals surface area contributed by atoms with Gasteiger partial charge in [-0.15, -0.1) is 0 Å². The highest BCUT2D eigenvalue weighted by molar-refractivity contribution is 7.91. The Kier molecular flexibility index (Phi) is 4.21. The zero-order chi connectivity index (χ0) is 16.4. The molecule has 0 N–H and O–H groups in total. The highest BCUT2D eigenvalue weighted by Gasteiger charge is 2.36. The van der Waals surface area contributed by atoms with Gasteiger partial charge in [-0.25, -0.2) is 12.8 Å². The number of halogens is 1. The summed E-state index contributed by atoms with van der Waals surface area (Å²) in [5.41, 5.74) is 0.123. The highest BCUT2D eigenvalue weighted by Crippen LogP contribution is 2.27. The number of carbonyl (C=O) groups is 1. The van der Waals surface area contributed by atoms with E-state index >= 15 is 0 Å². The van der Waals surface area contributed by atoms with Crippen molar-refractivity contribution in [2.75, 3.05) is 16.4 Å². The van der Waals surface area contributed by atoms with Crippen LogP contribution in [-0.4, -0.2) is 25.8 Å². The molecule has 7 heteroatoms. The largest absolute Gasteiger partial charge is 0.467 e. The minimum atomic E-state index is -3.19. The molecule has 1 fully saturated rings. The Labute approximate surface area is 133 Å². The molecule has 0 aliphatic carbocycles. The summed E-state index contributed by atoms with van der Waals surface area (Å²) in [5.74, 6) is -1.26. The summed E-state index contributed by atoms with van der Waals surface area (Å²) in [6.45, 7) is 0.0588. The third-order valence-corrected chi connectivity index (χ3v) is 5.65. The molecule has 2 heterocycles. The van der Waals surface area contributed by atoms with Gasteiger partial charge in [-0.1, -0.05) is 12.1 Å². The van der Waals surface area contributed by atoms with Gasteiger partial charge in [0.25, 0.3) is 0 Å². The van der Waals surface area contributed by atoms with Crippen LogP contribution in [0.4, 0.5) is 10.1 Å². The molecule has 1 aromatic heterocycles. The quantitative estimate of drug-likeness (QED) is 0.859. The van der Waals surface area contributed by atoms with E-state index in [0.717, 1.165) is 0 Å². The number of carbonyl (C=O) groups excluding carboxylic acids is 1. The Bertz CT molecular complexity index is 801. The first-order valence-electron chi connectivity index (χ1n) is 7.25. The third-order valence-electron chi connectivity index (χ3n) is 3.89. The van der Waals surface area contributed by atoms with Crippen LogP contribution in [0.15, 0.2) is 47.1 Å². The topological polar surface area (TPSA) is 67.6 Å². The molecule has 5 nitrogen and oxygen atoms in total. The predicted octanol–water partition coefficient (Wildman–Crippen LogP) is 2.39. The minimum Gasteiger partial charge on any atom is -0.467 e. The second-order valence-electron chi connectivity index (χ2n) is 5.56. The van der Waals surface area contributed by atoms with Gasteiger partial charge < -0.3 is 9.32 Å². The molecule has 0 radical (unpaired) electrons. The first kappa shape index (κ1) is 15.7. The summed E-state index contributed by atoms with van der Waals surface area (Å²) in [6.07, 6.45) is 1.74. The van der Waals surface area contributed by atoms with Crippen LogP contribution in [0.2, 0.25) is 0 Å². The molecule has 0 bridgehead atoms. The number of amides is 1. The standard InChI is InChI=1S/C16H16FNO4S/c17-14-5-1-2-6-15(14)18(10-13-4-3-8-22-13)16(19)12-7-9-23(20,21)11-12/h1-6,8,12H,7,9-11H2. The second-order valence-corrected chi connectivity index (χ2v) is 7.78. The van der Waals surface area contributed by atoms with E-state index in [2.05, 4.69) is 0 Å². The van der Waals surface area contributed by atoms with Crippen LogP contribution in [0.3, 0.4) is 0 Å². The molecule has 0 saturated carbocycles. The first-order valence-corrected chi connectivity index (χ1v) is 9.07. The molecule has 1 aliphatic rings. The van der Waals surface area contributed by atoms with Crippen molar-refractivity contribution in [2.45, 2.75) is 13.0 Å². The second kappa shape index (κ2) is 6.16. The predicted molar refractivity (Wildman–Crippen MR) is 83.1 cm³/mol. The van der Waals surface area contributed by atoms with E-state index < -0.39 is 27.5 Å². The van der Waals surface area contributed by atoms with Gasteiger partial charge in [0.15, 0.2) is 9.84 Å². The molecule has 1 saturated heterocycles. The van der Waals surface area contributed by atoms with Crippen molar-refractivity contribution < 1.29 is 22.0 Å². The first-order chi connectivity index (χ1) is 11.0. The molecule has 23 heavy (non-hydrogen) atoms. The zero-order valence-electron chi connectivity index (χ0n) is 12.3. The molecule has 1 atom stereocenters. The van der Waals surface area contributed by atoms with Gasteiger partial charge in [-0.2, -0.15) is 0 Å². The number of furan rings is 1. The number of benzene rings is 1. The van der Waals surface area contributed by atoms with Gasteiger partial charge in [-0.3, -0.25) is 4.79 Å². The summed E-state index contributed by atoms with van der Waals surface area (Å²) in [7, 11) is -3.19. The Balaban J connectivity index is 1.92. The smallest absolute Gasteiger partial charge is 0.231 e. The number of anilines is 1. The monoisotopic (exact) mass is 337 g/mol. The van der Waals surface area contributed by atoms with Crippen molar-refractivity contribution >= 4 is 21.4 Å².